The van der Waals surface area contributed by atoms with Crippen molar-refractivity contribution in [2.24, 2.45) is 0 Å². The highest BCUT2D eigenvalue weighted by atomic mass is 32.2. The lowest BCUT2D eigenvalue weighted by Crippen LogP contribution is -2.50. The smallest absolute Gasteiger partial charge is 0.209 e. The van der Waals surface area contributed by atoms with Crippen LogP contribution < -0.4 is 10.0 Å². The van der Waals surface area contributed by atoms with Gasteiger partial charge in [0.05, 0.1) is 6.26 Å². The van der Waals surface area contributed by atoms with Crippen LogP contribution in [-0.2, 0) is 16.4 Å². The Morgan fingerprint density at radius 1 is 1.40 bits per heavy atom. The molecule has 1 aliphatic carbocycles. The van der Waals surface area contributed by atoms with Gasteiger partial charge in [-0.2, -0.15) is 0 Å². The Hall–Kier alpha value is -0.980. The van der Waals surface area contributed by atoms with Gasteiger partial charge in [0, 0.05) is 18.1 Å². The zero-order valence-corrected chi connectivity index (χ0v) is 12.8. The molecule has 4 nitrogen and oxygen atoms in total. The molecule has 1 unspecified atom stereocenters. The summed E-state index contributed by atoms with van der Waals surface area (Å²) >= 11 is 0. The van der Waals surface area contributed by atoms with Crippen molar-refractivity contribution < 1.29 is 12.8 Å². The largest absolute Gasteiger partial charge is 0.308 e. The number of fused-ring (bicyclic) bond motifs is 1. The molecule has 1 atom stereocenters. The Morgan fingerprint density at radius 2 is 2.10 bits per heavy atom. The summed E-state index contributed by atoms with van der Waals surface area (Å²) in [6.45, 7) is 4.19. The highest BCUT2D eigenvalue weighted by Crippen LogP contribution is 2.31. The topological polar surface area (TPSA) is 58.2 Å². The molecule has 1 aliphatic rings. The fourth-order valence-electron chi connectivity index (χ4n) is 2.71. The van der Waals surface area contributed by atoms with Crippen LogP contribution >= 0.6 is 0 Å². The first-order valence-corrected chi connectivity index (χ1v) is 8.56. The van der Waals surface area contributed by atoms with Crippen molar-refractivity contribution in [3.05, 3.63) is 35.1 Å². The van der Waals surface area contributed by atoms with Gasteiger partial charge in [0.15, 0.2) is 0 Å². The van der Waals surface area contributed by atoms with Gasteiger partial charge in [-0.15, -0.1) is 0 Å². The van der Waals surface area contributed by atoms with E-state index in [4.69, 9.17) is 0 Å². The summed E-state index contributed by atoms with van der Waals surface area (Å²) in [6, 6.07) is 5.02. The quantitative estimate of drug-likeness (QED) is 0.870. The summed E-state index contributed by atoms with van der Waals surface area (Å²) in [4.78, 5) is 0. The van der Waals surface area contributed by atoms with Gasteiger partial charge in [-0.1, -0.05) is 6.07 Å². The van der Waals surface area contributed by atoms with Crippen LogP contribution in [-0.4, -0.2) is 26.8 Å². The number of hydrogen-bond acceptors (Lipinski definition) is 3. The van der Waals surface area contributed by atoms with E-state index in [0.717, 1.165) is 30.2 Å². The second-order valence-corrected chi connectivity index (χ2v) is 7.82. The third-order valence-electron chi connectivity index (χ3n) is 3.43. The summed E-state index contributed by atoms with van der Waals surface area (Å²) in [5.74, 6) is -0.205. The molecule has 6 heteroatoms. The van der Waals surface area contributed by atoms with Crippen molar-refractivity contribution in [3.8, 4) is 0 Å². The highest BCUT2D eigenvalue weighted by molar-refractivity contribution is 7.88. The van der Waals surface area contributed by atoms with Crippen molar-refractivity contribution in [2.75, 3.05) is 12.8 Å². The van der Waals surface area contributed by atoms with Crippen LogP contribution in [0.3, 0.4) is 0 Å². The second kappa shape index (κ2) is 5.42. The number of nitrogens with one attached hydrogen (secondary N) is 2. The maximum atomic E-state index is 13.2. The average molecular weight is 300 g/mol. The maximum absolute atomic E-state index is 13.2. The Balaban J connectivity index is 2.00. The zero-order chi connectivity index (χ0) is 15.0. The lowest BCUT2D eigenvalue weighted by Gasteiger charge is -2.27. The van der Waals surface area contributed by atoms with Crippen LogP contribution in [0, 0.1) is 5.82 Å². The molecule has 0 bridgehead atoms. The van der Waals surface area contributed by atoms with Gasteiger partial charge < -0.3 is 5.32 Å². The molecule has 0 aromatic heterocycles. The summed E-state index contributed by atoms with van der Waals surface area (Å²) in [5.41, 5.74) is 1.59. The Morgan fingerprint density at radius 3 is 2.75 bits per heavy atom. The third kappa shape index (κ3) is 4.01. The van der Waals surface area contributed by atoms with Crippen molar-refractivity contribution in [2.45, 2.75) is 38.3 Å². The van der Waals surface area contributed by atoms with Crippen LogP contribution in [0.25, 0.3) is 0 Å². The predicted molar refractivity (Wildman–Crippen MR) is 77.5 cm³/mol. The van der Waals surface area contributed by atoms with Crippen LogP contribution in [0.4, 0.5) is 4.39 Å². The molecule has 0 spiro atoms. The molecule has 0 radical (unpaired) electrons. The van der Waals surface area contributed by atoms with Gasteiger partial charge in [0.1, 0.15) is 5.82 Å². The lowest BCUT2D eigenvalue weighted by atomic mass is 10.0. The number of rotatable bonds is 5. The first-order chi connectivity index (χ1) is 9.16. The number of sulfonamides is 1. The number of hydrogen-bond donors (Lipinski definition) is 2. The molecule has 0 saturated carbocycles. The standard InChI is InChI=1S/C14H21FN2O2S/c1-14(2,17-20(3,18)19)9-16-13-7-4-10-8-11(15)5-6-12(10)13/h5-6,8,13,16-17H,4,7,9H2,1-3H3. The maximum Gasteiger partial charge on any atom is 0.209 e. The monoisotopic (exact) mass is 300 g/mol. The molecule has 112 valence electrons. The molecule has 0 amide bonds. The minimum Gasteiger partial charge on any atom is -0.308 e. The molecule has 2 N–H and O–H groups in total. The molecule has 20 heavy (non-hydrogen) atoms. The van der Waals surface area contributed by atoms with Crippen LogP contribution in [0.1, 0.15) is 37.4 Å². The molecular weight excluding hydrogens is 279 g/mol. The first-order valence-electron chi connectivity index (χ1n) is 6.67. The SMILES string of the molecule is CC(C)(CNC1CCc2cc(F)ccc21)NS(C)(=O)=O. The third-order valence-corrected chi connectivity index (χ3v) is 4.36. The average Bonchev–Trinajstić information content (AvgIpc) is 2.65. The minimum absolute atomic E-state index is 0.159. The van der Waals surface area contributed by atoms with Gasteiger partial charge in [0.25, 0.3) is 0 Å². The van der Waals surface area contributed by atoms with E-state index in [1.807, 2.05) is 19.9 Å². The zero-order valence-electron chi connectivity index (χ0n) is 12.0. The summed E-state index contributed by atoms with van der Waals surface area (Å²) in [5, 5.41) is 3.37. The van der Waals surface area contributed by atoms with Gasteiger partial charge in [-0.25, -0.2) is 17.5 Å². The molecule has 1 aromatic carbocycles. The van der Waals surface area contributed by atoms with Crippen molar-refractivity contribution in [1.82, 2.24) is 10.0 Å². The number of aryl methyl sites for hydroxylation is 1. The first kappa shape index (κ1) is 15.4. The fraction of sp³-hybridized carbons (Fsp3) is 0.571. The lowest BCUT2D eigenvalue weighted by molar-refractivity contribution is 0.389. The highest BCUT2D eigenvalue weighted by Gasteiger charge is 2.27. The Labute approximate surface area is 119 Å². The van der Waals surface area contributed by atoms with Gasteiger partial charge >= 0.3 is 0 Å². The number of benzene rings is 1. The Kier molecular flexibility index (Phi) is 4.18. The van der Waals surface area contributed by atoms with Crippen LogP contribution in [0.5, 0.6) is 0 Å². The molecule has 1 aromatic rings. The minimum atomic E-state index is -3.23. The van der Waals surface area contributed by atoms with Crippen molar-refractivity contribution in [1.29, 1.82) is 0 Å². The molecule has 0 saturated heterocycles. The van der Waals surface area contributed by atoms with Crippen LogP contribution in [0.2, 0.25) is 0 Å². The van der Waals surface area contributed by atoms with E-state index < -0.39 is 15.6 Å². The van der Waals surface area contributed by atoms with Gasteiger partial charge in [-0.05, 0) is 49.9 Å². The van der Waals surface area contributed by atoms with Crippen LogP contribution in [0.15, 0.2) is 18.2 Å². The van der Waals surface area contributed by atoms with E-state index in [-0.39, 0.29) is 11.9 Å². The molecular formula is C14H21FN2O2S. The van der Waals surface area contributed by atoms with Gasteiger partial charge in [0.2, 0.25) is 10.0 Å². The van der Waals surface area contributed by atoms with E-state index in [9.17, 15) is 12.8 Å². The van der Waals surface area contributed by atoms with Crippen molar-refractivity contribution >= 4 is 10.0 Å². The summed E-state index contributed by atoms with van der Waals surface area (Å²) in [6.07, 6.45) is 2.92. The van der Waals surface area contributed by atoms with E-state index in [1.54, 1.807) is 6.07 Å². The predicted octanol–water partition coefficient (Wildman–Crippen LogP) is 1.73. The van der Waals surface area contributed by atoms with Gasteiger partial charge in [-0.3, -0.25) is 0 Å². The van der Waals surface area contributed by atoms with Crippen molar-refractivity contribution in [3.63, 3.8) is 0 Å². The number of halogens is 1. The summed E-state index contributed by atoms with van der Waals surface area (Å²) < 4.78 is 38.4. The summed E-state index contributed by atoms with van der Waals surface area (Å²) in [7, 11) is -3.23. The normalized spacial score (nSPS) is 19.1. The van der Waals surface area contributed by atoms with E-state index in [2.05, 4.69) is 10.0 Å². The molecule has 2 rings (SSSR count). The van der Waals surface area contributed by atoms with E-state index in [1.165, 1.54) is 6.07 Å². The second-order valence-electron chi connectivity index (χ2n) is 6.07. The Bertz CT molecular complexity index is 599. The van der Waals surface area contributed by atoms with E-state index >= 15 is 0 Å². The fourth-order valence-corrected chi connectivity index (χ4v) is 3.79. The van der Waals surface area contributed by atoms with E-state index in [0.29, 0.717) is 6.54 Å². The molecule has 0 heterocycles. The molecule has 0 aliphatic heterocycles. The molecule has 0 fully saturated rings.